The summed E-state index contributed by atoms with van der Waals surface area (Å²) >= 11 is 0. The van der Waals surface area contributed by atoms with Gasteiger partial charge in [-0.25, -0.2) is 13.2 Å². The lowest BCUT2D eigenvalue weighted by Crippen LogP contribution is -2.29. The van der Waals surface area contributed by atoms with Crippen molar-refractivity contribution in [1.82, 2.24) is 4.57 Å². The highest BCUT2D eigenvalue weighted by molar-refractivity contribution is 5.71. The first-order valence-corrected chi connectivity index (χ1v) is 10.0. The van der Waals surface area contributed by atoms with Crippen molar-refractivity contribution in [3.8, 4) is 11.5 Å². The average Bonchev–Trinajstić information content (AvgIpc) is 2.77. The lowest BCUT2D eigenvalue weighted by molar-refractivity contribution is -0.140. The molecular weight excluding hydrogens is 439 g/mol. The molecule has 0 bridgehead atoms. The number of benzene rings is 2. The molecule has 1 atom stereocenters. The van der Waals surface area contributed by atoms with Crippen molar-refractivity contribution in [2.75, 3.05) is 7.11 Å². The molecule has 33 heavy (non-hydrogen) atoms. The number of aromatic hydroxyl groups is 2. The van der Waals surface area contributed by atoms with Crippen LogP contribution in [0.5, 0.6) is 11.5 Å². The van der Waals surface area contributed by atoms with Gasteiger partial charge in [0, 0.05) is 18.2 Å². The van der Waals surface area contributed by atoms with Crippen molar-refractivity contribution in [1.29, 1.82) is 0 Å². The molecule has 0 aliphatic heterocycles. The van der Waals surface area contributed by atoms with Crippen LogP contribution in [-0.2, 0) is 22.5 Å². The Balaban J connectivity index is 2.09. The van der Waals surface area contributed by atoms with E-state index in [4.69, 9.17) is 0 Å². The topological polar surface area (TPSA) is 88.8 Å². The number of hydrogen-bond donors (Lipinski definition) is 2. The molecule has 2 aromatic carbocycles. The van der Waals surface area contributed by atoms with E-state index in [0.29, 0.717) is 24.2 Å². The van der Waals surface area contributed by atoms with Gasteiger partial charge in [-0.05, 0) is 54.8 Å². The number of phenolic OH excluding ortho intramolecular Hbond substituents is 1. The quantitative estimate of drug-likeness (QED) is 0.411. The van der Waals surface area contributed by atoms with E-state index in [9.17, 15) is 33.0 Å². The summed E-state index contributed by atoms with van der Waals surface area (Å²) in [6.07, 6.45) is -0.0997. The number of ether oxygens (including phenoxy) is 1. The Labute approximate surface area is 187 Å². The molecule has 0 aliphatic rings. The van der Waals surface area contributed by atoms with Gasteiger partial charge in [-0.2, -0.15) is 0 Å². The van der Waals surface area contributed by atoms with Crippen LogP contribution >= 0.6 is 0 Å². The highest BCUT2D eigenvalue weighted by Crippen LogP contribution is 2.34. The molecule has 0 spiro atoms. The number of pyridine rings is 1. The highest BCUT2D eigenvalue weighted by atomic mass is 19.2. The van der Waals surface area contributed by atoms with Crippen LogP contribution in [0.15, 0.2) is 47.3 Å². The average molecular weight is 461 g/mol. The van der Waals surface area contributed by atoms with Crippen molar-refractivity contribution < 1.29 is 32.9 Å². The predicted octanol–water partition coefficient (Wildman–Crippen LogP) is 3.92. The second-order valence-electron chi connectivity index (χ2n) is 7.59. The van der Waals surface area contributed by atoms with E-state index in [1.54, 1.807) is 19.1 Å². The molecule has 0 unspecified atom stereocenters. The van der Waals surface area contributed by atoms with Gasteiger partial charge in [-0.1, -0.05) is 12.1 Å². The fraction of sp³-hybridized carbons (Fsp3) is 0.250. The Morgan fingerprint density at radius 1 is 1.06 bits per heavy atom. The zero-order valence-corrected chi connectivity index (χ0v) is 17.9. The number of carbonyl (C=O) groups excluding carboxylic acids is 1. The summed E-state index contributed by atoms with van der Waals surface area (Å²) in [7, 11) is 1.11. The third-order valence-corrected chi connectivity index (χ3v) is 5.44. The van der Waals surface area contributed by atoms with E-state index in [1.165, 1.54) is 22.8 Å². The number of aryl methyl sites for hydroxylation is 2. The number of methoxy groups -OCH3 is 1. The Morgan fingerprint density at radius 3 is 2.24 bits per heavy atom. The van der Waals surface area contributed by atoms with Gasteiger partial charge in [0.25, 0.3) is 5.56 Å². The number of carbonyl (C=O) groups is 1. The maximum Gasteiger partial charge on any atom is 0.306 e. The van der Waals surface area contributed by atoms with Gasteiger partial charge in [0.2, 0.25) is 0 Å². The second-order valence-corrected chi connectivity index (χ2v) is 7.59. The minimum absolute atomic E-state index is 0.100. The lowest BCUT2D eigenvalue weighted by atomic mass is 9.88. The number of halogens is 3. The summed E-state index contributed by atoms with van der Waals surface area (Å²) in [6, 6.07) is 9.10. The summed E-state index contributed by atoms with van der Waals surface area (Å²) in [4.78, 5) is 25.4. The zero-order chi connectivity index (χ0) is 24.3. The third kappa shape index (κ3) is 5.19. The van der Waals surface area contributed by atoms with Crippen molar-refractivity contribution in [3.63, 3.8) is 0 Å². The van der Waals surface area contributed by atoms with Gasteiger partial charge < -0.3 is 19.5 Å². The molecule has 3 aromatic rings. The Morgan fingerprint density at radius 2 is 1.67 bits per heavy atom. The number of esters is 1. The van der Waals surface area contributed by atoms with Crippen LogP contribution in [0.3, 0.4) is 0 Å². The van der Waals surface area contributed by atoms with Crippen LogP contribution in [0, 0.1) is 24.4 Å². The van der Waals surface area contributed by atoms with E-state index in [-0.39, 0.29) is 23.4 Å². The molecule has 174 valence electrons. The SMILES string of the molecule is COC(=O)C[C@@H](c1cc(F)c(F)c(F)c1)c1c(O)cc(C)n(CCc2ccc(O)cc2)c1=O. The van der Waals surface area contributed by atoms with Crippen LogP contribution in [0.2, 0.25) is 0 Å². The third-order valence-electron chi connectivity index (χ3n) is 5.44. The fourth-order valence-corrected chi connectivity index (χ4v) is 3.69. The van der Waals surface area contributed by atoms with E-state index in [1.807, 2.05) is 0 Å². The zero-order valence-electron chi connectivity index (χ0n) is 17.9. The van der Waals surface area contributed by atoms with Crippen molar-refractivity contribution in [2.24, 2.45) is 0 Å². The second kappa shape index (κ2) is 9.81. The molecule has 0 saturated carbocycles. The van der Waals surface area contributed by atoms with Gasteiger partial charge in [-0.3, -0.25) is 9.59 Å². The van der Waals surface area contributed by atoms with Crippen LogP contribution in [0.25, 0.3) is 0 Å². The summed E-state index contributed by atoms with van der Waals surface area (Å²) in [5, 5.41) is 20.0. The van der Waals surface area contributed by atoms with Gasteiger partial charge >= 0.3 is 5.97 Å². The van der Waals surface area contributed by atoms with Crippen LogP contribution < -0.4 is 5.56 Å². The van der Waals surface area contributed by atoms with Crippen LogP contribution in [0.1, 0.15) is 34.7 Å². The van der Waals surface area contributed by atoms with Crippen LogP contribution in [0.4, 0.5) is 13.2 Å². The summed E-state index contributed by atoms with van der Waals surface area (Å²) in [6.45, 7) is 1.80. The molecule has 0 radical (unpaired) electrons. The Bertz CT molecular complexity index is 1220. The van der Waals surface area contributed by atoms with Crippen molar-refractivity contribution in [3.05, 3.63) is 92.7 Å². The number of phenols is 1. The first-order chi connectivity index (χ1) is 15.6. The standard InChI is InChI=1S/C24H22F3NO5/c1-13-9-20(30)22(24(32)28(13)8-7-14-3-5-16(29)6-4-14)17(12-21(31)33-2)15-10-18(25)23(27)19(26)11-15/h3-6,9-11,17,29-30H,7-8,12H2,1-2H3/t17-/m0/s1. The molecule has 3 rings (SSSR count). The van der Waals surface area contributed by atoms with Gasteiger partial charge in [0.1, 0.15) is 11.5 Å². The largest absolute Gasteiger partial charge is 0.508 e. The molecule has 0 amide bonds. The molecule has 0 saturated heterocycles. The fourth-order valence-electron chi connectivity index (χ4n) is 3.69. The monoisotopic (exact) mass is 461 g/mol. The van der Waals surface area contributed by atoms with E-state index in [0.717, 1.165) is 12.7 Å². The number of aromatic nitrogens is 1. The van der Waals surface area contributed by atoms with E-state index in [2.05, 4.69) is 4.74 Å². The molecule has 9 heteroatoms. The maximum absolute atomic E-state index is 13.9. The normalized spacial score (nSPS) is 11.9. The number of nitrogens with zero attached hydrogens (tertiary/aromatic N) is 1. The molecule has 1 heterocycles. The molecular formula is C24H22F3NO5. The number of rotatable bonds is 7. The summed E-state index contributed by atoms with van der Waals surface area (Å²) in [5.74, 6) is -7.09. The first-order valence-electron chi connectivity index (χ1n) is 10.0. The molecule has 1 aromatic heterocycles. The summed E-state index contributed by atoms with van der Waals surface area (Å²) in [5.41, 5.74) is 0.140. The van der Waals surface area contributed by atoms with Crippen LogP contribution in [-0.4, -0.2) is 27.9 Å². The van der Waals surface area contributed by atoms with Crippen molar-refractivity contribution in [2.45, 2.75) is 32.2 Å². The molecule has 0 aliphatic carbocycles. The van der Waals surface area contributed by atoms with E-state index < -0.39 is 47.1 Å². The first kappa shape index (κ1) is 23.9. The minimum atomic E-state index is -1.69. The van der Waals surface area contributed by atoms with Gasteiger partial charge in [0.05, 0.1) is 19.1 Å². The number of hydrogen-bond acceptors (Lipinski definition) is 5. The van der Waals surface area contributed by atoms with Gasteiger partial charge in [-0.15, -0.1) is 0 Å². The smallest absolute Gasteiger partial charge is 0.306 e. The molecule has 6 nitrogen and oxygen atoms in total. The maximum atomic E-state index is 13.9. The summed E-state index contributed by atoms with van der Waals surface area (Å²) < 4.78 is 47.3. The molecule has 0 fully saturated rings. The van der Waals surface area contributed by atoms with Gasteiger partial charge in [0.15, 0.2) is 17.5 Å². The van der Waals surface area contributed by atoms with E-state index >= 15 is 0 Å². The minimum Gasteiger partial charge on any atom is -0.508 e. The molecule has 2 N–H and O–H groups in total. The highest BCUT2D eigenvalue weighted by Gasteiger charge is 2.28. The lowest BCUT2D eigenvalue weighted by Gasteiger charge is -2.21. The predicted molar refractivity (Wildman–Crippen MR) is 114 cm³/mol. The van der Waals surface area contributed by atoms with Crippen molar-refractivity contribution >= 4 is 5.97 Å². The Hall–Kier alpha value is -3.75. The Kier molecular flexibility index (Phi) is 7.10.